The lowest BCUT2D eigenvalue weighted by atomic mass is 10.4. The van der Waals surface area contributed by atoms with Crippen LogP contribution < -0.4 is 10.6 Å². The quantitative estimate of drug-likeness (QED) is 0.350. The lowest BCUT2D eigenvalue weighted by Gasteiger charge is -2.13. The summed E-state index contributed by atoms with van der Waals surface area (Å²) in [5, 5.41) is 19.2. The van der Waals surface area contributed by atoms with Gasteiger partial charge in [-0.3, -0.25) is 4.68 Å². The molecule has 0 saturated carbocycles. The van der Waals surface area contributed by atoms with Gasteiger partial charge in [0.2, 0.25) is 0 Å². The highest BCUT2D eigenvalue weighted by Gasteiger charge is 2.05. The smallest absolute Gasteiger partial charge is 0.191 e. The van der Waals surface area contributed by atoms with Gasteiger partial charge in [0.05, 0.1) is 0 Å². The Morgan fingerprint density at radius 2 is 2.04 bits per heavy atom. The standard InChI is InChI=1S/C17H30N8O/c1-4-26-13-7-9-19-17(18-8-5-11-25-12-6-10-21-25)20-14-16-23-22-15(2)24(16)3/h6,10,12H,4-5,7-9,11,13-14H2,1-3H3,(H2,18,19,20). The number of hydrogen-bond donors (Lipinski definition) is 2. The molecule has 0 fully saturated rings. The molecule has 0 atom stereocenters. The molecule has 2 N–H and O–H groups in total. The van der Waals surface area contributed by atoms with Gasteiger partial charge in [-0.1, -0.05) is 0 Å². The number of aliphatic imine (C=N–C) groups is 1. The van der Waals surface area contributed by atoms with Gasteiger partial charge in [-0.05, 0) is 32.8 Å². The van der Waals surface area contributed by atoms with E-state index in [0.717, 1.165) is 63.3 Å². The summed E-state index contributed by atoms with van der Waals surface area (Å²) in [6.45, 7) is 8.41. The lowest BCUT2D eigenvalue weighted by molar-refractivity contribution is 0.145. The highest BCUT2D eigenvalue weighted by Crippen LogP contribution is 1.99. The zero-order valence-corrected chi connectivity index (χ0v) is 16.0. The van der Waals surface area contributed by atoms with E-state index >= 15 is 0 Å². The summed E-state index contributed by atoms with van der Waals surface area (Å²) >= 11 is 0. The number of aryl methyl sites for hydroxylation is 2. The number of nitrogens with zero attached hydrogens (tertiary/aromatic N) is 6. The highest BCUT2D eigenvalue weighted by atomic mass is 16.5. The van der Waals surface area contributed by atoms with E-state index in [4.69, 9.17) is 4.74 Å². The fourth-order valence-electron chi connectivity index (χ4n) is 2.32. The molecule has 0 bridgehead atoms. The van der Waals surface area contributed by atoms with Crippen molar-refractivity contribution < 1.29 is 4.74 Å². The van der Waals surface area contributed by atoms with E-state index in [1.807, 2.05) is 42.4 Å². The maximum Gasteiger partial charge on any atom is 0.191 e. The normalized spacial score (nSPS) is 11.7. The van der Waals surface area contributed by atoms with Gasteiger partial charge in [0.15, 0.2) is 11.8 Å². The number of ether oxygens (including phenoxy) is 1. The monoisotopic (exact) mass is 362 g/mol. The topological polar surface area (TPSA) is 94.2 Å². The third-order valence-corrected chi connectivity index (χ3v) is 3.94. The van der Waals surface area contributed by atoms with Crippen molar-refractivity contribution in [2.45, 2.75) is 39.8 Å². The molecule has 0 amide bonds. The van der Waals surface area contributed by atoms with Crippen LogP contribution in [0.5, 0.6) is 0 Å². The van der Waals surface area contributed by atoms with Gasteiger partial charge in [-0.25, -0.2) is 4.99 Å². The Kier molecular flexibility index (Phi) is 8.61. The maximum atomic E-state index is 5.37. The summed E-state index contributed by atoms with van der Waals surface area (Å²) in [5.41, 5.74) is 0. The Bertz CT molecular complexity index is 650. The fraction of sp³-hybridized carbons (Fsp3) is 0.647. The zero-order valence-electron chi connectivity index (χ0n) is 16.0. The Labute approximate surface area is 154 Å². The van der Waals surface area contributed by atoms with Crippen LogP contribution in [0.25, 0.3) is 0 Å². The van der Waals surface area contributed by atoms with Crippen LogP contribution in [0.15, 0.2) is 23.5 Å². The number of rotatable bonds is 11. The molecule has 0 aliphatic rings. The van der Waals surface area contributed by atoms with E-state index in [1.54, 1.807) is 6.20 Å². The van der Waals surface area contributed by atoms with Gasteiger partial charge in [-0.15, -0.1) is 10.2 Å². The third kappa shape index (κ3) is 6.83. The molecule has 0 aromatic carbocycles. The molecule has 0 aliphatic heterocycles. The van der Waals surface area contributed by atoms with Crippen LogP contribution in [0, 0.1) is 6.92 Å². The van der Waals surface area contributed by atoms with Crippen molar-refractivity contribution in [1.29, 1.82) is 0 Å². The highest BCUT2D eigenvalue weighted by molar-refractivity contribution is 5.79. The SMILES string of the molecule is CCOCCCNC(=NCc1nnc(C)n1C)NCCCn1cccn1. The van der Waals surface area contributed by atoms with Crippen LogP contribution in [0.2, 0.25) is 0 Å². The van der Waals surface area contributed by atoms with Crippen LogP contribution in [0.1, 0.15) is 31.4 Å². The molecule has 0 saturated heterocycles. The predicted molar refractivity (Wildman–Crippen MR) is 101 cm³/mol. The first-order valence-electron chi connectivity index (χ1n) is 9.13. The van der Waals surface area contributed by atoms with Gasteiger partial charge < -0.3 is 19.9 Å². The Hall–Kier alpha value is -2.42. The first-order valence-corrected chi connectivity index (χ1v) is 9.13. The van der Waals surface area contributed by atoms with E-state index < -0.39 is 0 Å². The van der Waals surface area contributed by atoms with E-state index in [1.165, 1.54) is 0 Å². The fourth-order valence-corrected chi connectivity index (χ4v) is 2.32. The molecule has 9 heteroatoms. The molecule has 144 valence electrons. The molecule has 2 aromatic rings. The van der Waals surface area contributed by atoms with Crippen molar-refractivity contribution >= 4 is 5.96 Å². The Morgan fingerprint density at radius 3 is 2.69 bits per heavy atom. The molecule has 9 nitrogen and oxygen atoms in total. The summed E-state index contributed by atoms with van der Waals surface area (Å²) in [6.07, 6.45) is 5.66. The van der Waals surface area contributed by atoms with Crippen LogP contribution in [0.4, 0.5) is 0 Å². The number of aromatic nitrogens is 5. The van der Waals surface area contributed by atoms with Gasteiger partial charge in [0.1, 0.15) is 12.4 Å². The molecular weight excluding hydrogens is 332 g/mol. The molecule has 26 heavy (non-hydrogen) atoms. The van der Waals surface area contributed by atoms with Crippen LogP contribution in [-0.2, 0) is 24.9 Å². The minimum atomic E-state index is 0.483. The Morgan fingerprint density at radius 1 is 1.23 bits per heavy atom. The molecule has 0 radical (unpaired) electrons. The summed E-state index contributed by atoms with van der Waals surface area (Å²) in [6, 6.07) is 1.93. The predicted octanol–water partition coefficient (Wildman–Crippen LogP) is 0.872. The minimum absolute atomic E-state index is 0.483. The second-order valence-electron chi connectivity index (χ2n) is 5.91. The average Bonchev–Trinajstić information content (AvgIpc) is 3.27. The van der Waals surface area contributed by atoms with Gasteiger partial charge in [-0.2, -0.15) is 5.10 Å². The molecule has 0 unspecified atom stereocenters. The van der Waals surface area contributed by atoms with E-state index in [-0.39, 0.29) is 0 Å². The third-order valence-electron chi connectivity index (χ3n) is 3.94. The van der Waals surface area contributed by atoms with Crippen molar-refractivity contribution in [1.82, 2.24) is 35.2 Å². The van der Waals surface area contributed by atoms with Gasteiger partial charge in [0.25, 0.3) is 0 Å². The van der Waals surface area contributed by atoms with Crippen molar-refractivity contribution in [3.8, 4) is 0 Å². The largest absolute Gasteiger partial charge is 0.382 e. The molecule has 0 spiro atoms. The van der Waals surface area contributed by atoms with E-state index in [9.17, 15) is 0 Å². The van der Waals surface area contributed by atoms with E-state index in [0.29, 0.717) is 6.54 Å². The van der Waals surface area contributed by atoms with Crippen LogP contribution in [-0.4, -0.2) is 56.8 Å². The molecule has 2 heterocycles. The van der Waals surface area contributed by atoms with Crippen LogP contribution in [0.3, 0.4) is 0 Å². The van der Waals surface area contributed by atoms with Crippen molar-refractivity contribution in [2.75, 3.05) is 26.3 Å². The lowest BCUT2D eigenvalue weighted by Crippen LogP contribution is -2.39. The molecule has 2 rings (SSSR count). The van der Waals surface area contributed by atoms with E-state index in [2.05, 4.69) is 30.9 Å². The van der Waals surface area contributed by atoms with Crippen molar-refractivity contribution in [3.63, 3.8) is 0 Å². The Balaban J connectivity index is 1.81. The maximum absolute atomic E-state index is 5.37. The molecule has 0 aliphatic carbocycles. The summed E-state index contributed by atoms with van der Waals surface area (Å²) in [7, 11) is 1.95. The zero-order chi connectivity index (χ0) is 18.6. The van der Waals surface area contributed by atoms with Gasteiger partial charge >= 0.3 is 0 Å². The van der Waals surface area contributed by atoms with Crippen molar-refractivity contribution in [3.05, 3.63) is 30.1 Å². The summed E-state index contributed by atoms with van der Waals surface area (Å²) in [5.74, 6) is 2.51. The summed E-state index contributed by atoms with van der Waals surface area (Å²) < 4.78 is 9.25. The van der Waals surface area contributed by atoms with Crippen LogP contribution >= 0.6 is 0 Å². The average molecular weight is 362 g/mol. The molecular formula is C17H30N8O. The first-order chi connectivity index (χ1) is 12.7. The number of guanidine groups is 1. The van der Waals surface area contributed by atoms with Crippen molar-refractivity contribution in [2.24, 2.45) is 12.0 Å². The second kappa shape index (κ2) is 11.2. The number of nitrogens with one attached hydrogen (secondary N) is 2. The number of hydrogen-bond acceptors (Lipinski definition) is 5. The first kappa shape index (κ1) is 19.9. The molecule has 2 aromatic heterocycles. The summed E-state index contributed by atoms with van der Waals surface area (Å²) in [4.78, 5) is 4.63. The second-order valence-corrected chi connectivity index (χ2v) is 5.91. The van der Waals surface area contributed by atoms with Gasteiger partial charge in [0, 0.05) is 52.3 Å². The minimum Gasteiger partial charge on any atom is -0.382 e.